The summed E-state index contributed by atoms with van der Waals surface area (Å²) in [5, 5.41) is 0.904. The largest absolute Gasteiger partial charge is 0.464 e. The summed E-state index contributed by atoms with van der Waals surface area (Å²) < 4.78 is 18.2. The van der Waals surface area contributed by atoms with Crippen molar-refractivity contribution in [2.75, 3.05) is 0 Å². The molecule has 2 heteroatoms. The van der Waals surface area contributed by atoms with E-state index in [2.05, 4.69) is 6.92 Å². The lowest BCUT2D eigenvalue weighted by atomic mass is 10.1. The van der Waals surface area contributed by atoms with Crippen molar-refractivity contribution >= 4 is 11.0 Å². The van der Waals surface area contributed by atoms with Crippen LogP contribution in [0.15, 0.2) is 28.9 Å². The molecule has 0 saturated carbocycles. The lowest BCUT2D eigenvalue weighted by Gasteiger charge is -1.93. The second-order valence-electron chi connectivity index (χ2n) is 3.15. The molecule has 13 heavy (non-hydrogen) atoms. The van der Waals surface area contributed by atoms with Gasteiger partial charge in [-0.25, -0.2) is 4.39 Å². The molecule has 0 N–H and O–H groups in total. The third-order valence-corrected chi connectivity index (χ3v) is 2.14. The highest BCUT2D eigenvalue weighted by molar-refractivity contribution is 5.80. The maximum absolute atomic E-state index is 12.9. The van der Waals surface area contributed by atoms with Crippen LogP contribution in [0.4, 0.5) is 4.39 Å². The maximum Gasteiger partial charge on any atom is 0.134 e. The van der Waals surface area contributed by atoms with Gasteiger partial charge in [0.2, 0.25) is 0 Å². The molecule has 0 bridgehead atoms. The highest BCUT2D eigenvalue weighted by Crippen LogP contribution is 2.22. The van der Waals surface area contributed by atoms with E-state index in [0.717, 1.165) is 29.4 Å². The Morgan fingerprint density at radius 3 is 3.00 bits per heavy atom. The van der Waals surface area contributed by atoms with E-state index in [1.807, 2.05) is 0 Å². The van der Waals surface area contributed by atoms with E-state index >= 15 is 0 Å². The number of hydrogen-bond acceptors (Lipinski definition) is 1. The molecule has 0 aliphatic rings. The second kappa shape index (κ2) is 3.21. The Labute approximate surface area is 76.2 Å². The molecule has 0 atom stereocenters. The second-order valence-corrected chi connectivity index (χ2v) is 3.15. The molecule has 0 saturated heterocycles. The first-order valence-electron chi connectivity index (χ1n) is 4.47. The van der Waals surface area contributed by atoms with Crippen LogP contribution in [0.5, 0.6) is 0 Å². The average molecular weight is 178 g/mol. The first kappa shape index (κ1) is 8.30. The zero-order valence-corrected chi connectivity index (χ0v) is 7.51. The number of fused-ring (bicyclic) bond motifs is 1. The van der Waals surface area contributed by atoms with Gasteiger partial charge >= 0.3 is 0 Å². The summed E-state index contributed by atoms with van der Waals surface area (Å²) in [4.78, 5) is 0. The maximum atomic E-state index is 12.9. The Balaban J connectivity index is 2.58. The number of aryl methyl sites for hydroxylation is 1. The van der Waals surface area contributed by atoms with Gasteiger partial charge in [-0.05, 0) is 30.2 Å². The number of halogens is 1. The van der Waals surface area contributed by atoms with Crippen LogP contribution in [-0.4, -0.2) is 0 Å². The number of benzene rings is 1. The molecule has 0 amide bonds. The Morgan fingerprint density at radius 1 is 1.38 bits per heavy atom. The molecule has 68 valence electrons. The Bertz CT molecular complexity index is 417. The molecule has 2 aromatic rings. The van der Waals surface area contributed by atoms with Crippen LogP contribution < -0.4 is 0 Å². The molecule has 0 aliphatic heterocycles. The minimum absolute atomic E-state index is 0.203. The Kier molecular flexibility index (Phi) is 2.05. The van der Waals surface area contributed by atoms with Gasteiger partial charge in [-0.1, -0.05) is 13.3 Å². The van der Waals surface area contributed by atoms with Crippen molar-refractivity contribution in [2.24, 2.45) is 0 Å². The third-order valence-electron chi connectivity index (χ3n) is 2.14. The highest BCUT2D eigenvalue weighted by Gasteiger charge is 2.05. The number of rotatable bonds is 2. The van der Waals surface area contributed by atoms with Crippen molar-refractivity contribution in [2.45, 2.75) is 19.8 Å². The summed E-state index contributed by atoms with van der Waals surface area (Å²) in [6.45, 7) is 2.10. The van der Waals surface area contributed by atoms with E-state index in [1.54, 1.807) is 12.3 Å². The fraction of sp³-hybridized carbons (Fsp3) is 0.273. The van der Waals surface area contributed by atoms with Gasteiger partial charge in [0, 0.05) is 5.39 Å². The van der Waals surface area contributed by atoms with Crippen LogP contribution >= 0.6 is 0 Å². The Hall–Kier alpha value is -1.31. The van der Waals surface area contributed by atoms with Crippen molar-refractivity contribution in [3.05, 3.63) is 35.8 Å². The first-order valence-corrected chi connectivity index (χ1v) is 4.47. The zero-order valence-electron chi connectivity index (χ0n) is 7.51. The molecular weight excluding hydrogens is 167 g/mol. The van der Waals surface area contributed by atoms with Crippen LogP contribution in [-0.2, 0) is 6.42 Å². The molecule has 0 fully saturated rings. The van der Waals surface area contributed by atoms with Crippen molar-refractivity contribution in [3.8, 4) is 0 Å². The Morgan fingerprint density at radius 2 is 2.23 bits per heavy atom. The van der Waals surface area contributed by atoms with Gasteiger partial charge in [-0.3, -0.25) is 0 Å². The van der Waals surface area contributed by atoms with Crippen LogP contribution in [0.25, 0.3) is 11.0 Å². The zero-order chi connectivity index (χ0) is 9.26. The van der Waals surface area contributed by atoms with Crippen LogP contribution in [0.3, 0.4) is 0 Å². The topological polar surface area (TPSA) is 13.1 Å². The fourth-order valence-corrected chi connectivity index (χ4v) is 1.52. The monoisotopic (exact) mass is 178 g/mol. The van der Waals surface area contributed by atoms with Gasteiger partial charge < -0.3 is 4.42 Å². The van der Waals surface area contributed by atoms with Crippen molar-refractivity contribution in [1.29, 1.82) is 0 Å². The summed E-state index contributed by atoms with van der Waals surface area (Å²) in [5.41, 5.74) is 1.86. The van der Waals surface area contributed by atoms with E-state index in [-0.39, 0.29) is 5.82 Å². The molecule has 0 aliphatic carbocycles. The summed E-state index contributed by atoms with van der Waals surface area (Å²) in [6.07, 6.45) is 3.70. The van der Waals surface area contributed by atoms with Crippen LogP contribution in [0, 0.1) is 5.82 Å². The molecule has 1 heterocycles. The minimum Gasteiger partial charge on any atom is -0.464 e. The smallest absolute Gasteiger partial charge is 0.134 e. The van der Waals surface area contributed by atoms with Gasteiger partial charge in [-0.15, -0.1) is 0 Å². The fourth-order valence-electron chi connectivity index (χ4n) is 1.52. The van der Waals surface area contributed by atoms with Gasteiger partial charge in [-0.2, -0.15) is 0 Å². The van der Waals surface area contributed by atoms with Crippen molar-refractivity contribution < 1.29 is 8.81 Å². The molecule has 0 radical (unpaired) electrons. The van der Waals surface area contributed by atoms with Crippen LogP contribution in [0.1, 0.15) is 18.9 Å². The minimum atomic E-state index is -0.203. The molecule has 1 aromatic carbocycles. The lowest BCUT2D eigenvalue weighted by molar-refractivity contribution is 0.605. The van der Waals surface area contributed by atoms with Crippen molar-refractivity contribution in [3.63, 3.8) is 0 Å². The molecule has 1 nitrogen and oxygen atoms in total. The lowest BCUT2D eigenvalue weighted by Crippen LogP contribution is -1.80. The molecule has 2 rings (SSSR count). The number of furan rings is 1. The predicted octanol–water partition coefficient (Wildman–Crippen LogP) is 3.52. The number of hydrogen-bond donors (Lipinski definition) is 0. The van der Waals surface area contributed by atoms with Crippen molar-refractivity contribution in [1.82, 2.24) is 0 Å². The van der Waals surface area contributed by atoms with E-state index in [0.29, 0.717) is 0 Å². The normalized spacial score (nSPS) is 10.9. The SMILES string of the molecule is CCCc1coc2ccc(F)cc12. The van der Waals surface area contributed by atoms with Gasteiger partial charge in [0.25, 0.3) is 0 Å². The summed E-state index contributed by atoms with van der Waals surface area (Å²) in [6, 6.07) is 4.62. The summed E-state index contributed by atoms with van der Waals surface area (Å²) in [5.74, 6) is -0.203. The predicted molar refractivity (Wildman–Crippen MR) is 50.2 cm³/mol. The average Bonchev–Trinajstić information content (AvgIpc) is 2.49. The van der Waals surface area contributed by atoms with Crippen LogP contribution in [0.2, 0.25) is 0 Å². The van der Waals surface area contributed by atoms with Gasteiger partial charge in [0.15, 0.2) is 0 Å². The van der Waals surface area contributed by atoms with Gasteiger partial charge in [0.05, 0.1) is 6.26 Å². The first-order chi connectivity index (χ1) is 6.31. The van der Waals surface area contributed by atoms with E-state index in [4.69, 9.17) is 4.42 Å². The van der Waals surface area contributed by atoms with Gasteiger partial charge in [0.1, 0.15) is 11.4 Å². The quantitative estimate of drug-likeness (QED) is 0.685. The molecule has 1 aromatic heterocycles. The van der Waals surface area contributed by atoms with E-state index in [9.17, 15) is 4.39 Å². The molecule has 0 spiro atoms. The molecule has 0 unspecified atom stereocenters. The third kappa shape index (κ3) is 1.44. The van der Waals surface area contributed by atoms with E-state index < -0.39 is 0 Å². The standard InChI is InChI=1S/C11H11FO/c1-2-3-8-7-13-11-5-4-9(12)6-10(8)11/h4-7H,2-3H2,1H3. The summed E-state index contributed by atoms with van der Waals surface area (Å²) in [7, 11) is 0. The summed E-state index contributed by atoms with van der Waals surface area (Å²) >= 11 is 0. The van der Waals surface area contributed by atoms with E-state index in [1.165, 1.54) is 12.1 Å². The molecular formula is C11H11FO. The highest BCUT2D eigenvalue weighted by atomic mass is 19.1.